The summed E-state index contributed by atoms with van der Waals surface area (Å²) in [6, 6.07) is 22.0. The van der Waals surface area contributed by atoms with E-state index in [0.29, 0.717) is 32.6 Å². The second-order valence-corrected chi connectivity index (χ2v) is 8.90. The fourth-order valence-corrected chi connectivity index (χ4v) is 4.33. The van der Waals surface area contributed by atoms with Crippen LogP contribution < -0.4 is 5.56 Å². The second-order valence-electron chi connectivity index (χ2n) is 7.52. The van der Waals surface area contributed by atoms with Crippen LogP contribution in [0.15, 0.2) is 82.7 Å². The Balaban J connectivity index is 1.74. The Bertz CT molecular complexity index is 1300. The van der Waals surface area contributed by atoms with Crippen molar-refractivity contribution in [2.75, 3.05) is 5.75 Å². The molecule has 0 N–H and O–H groups in total. The molecule has 0 atom stereocenters. The summed E-state index contributed by atoms with van der Waals surface area (Å²) in [5.74, 6) is 0.508. The molecule has 0 saturated carbocycles. The zero-order chi connectivity index (χ0) is 22.0. The molecular weight excluding hydrogens is 428 g/mol. The van der Waals surface area contributed by atoms with Gasteiger partial charge in [-0.2, -0.15) is 0 Å². The Labute approximate surface area is 189 Å². The van der Waals surface area contributed by atoms with Crippen LogP contribution in [0, 0.1) is 0 Å². The van der Waals surface area contributed by atoms with Crippen molar-refractivity contribution >= 4 is 40.0 Å². The lowest BCUT2D eigenvalue weighted by Crippen LogP contribution is -2.22. The number of benzene rings is 3. The smallest absolute Gasteiger partial charge is 0.266 e. The first-order chi connectivity index (χ1) is 14.9. The molecule has 0 bridgehead atoms. The largest absolute Gasteiger partial charge is 0.293 e. The number of hydrogen-bond donors (Lipinski definition) is 0. The summed E-state index contributed by atoms with van der Waals surface area (Å²) in [6.07, 6.45) is 0. The topological polar surface area (TPSA) is 52.0 Å². The molecule has 0 unspecified atom stereocenters. The van der Waals surface area contributed by atoms with Crippen molar-refractivity contribution in [2.24, 2.45) is 0 Å². The van der Waals surface area contributed by atoms with Gasteiger partial charge in [0.15, 0.2) is 10.9 Å². The molecule has 4 rings (SSSR count). The average molecular weight is 449 g/mol. The van der Waals surface area contributed by atoms with Gasteiger partial charge in [-0.1, -0.05) is 61.5 Å². The van der Waals surface area contributed by atoms with E-state index in [1.165, 1.54) is 17.3 Å². The summed E-state index contributed by atoms with van der Waals surface area (Å²) >= 11 is 7.17. The van der Waals surface area contributed by atoms with Gasteiger partial charge in [0.25, 0.3) is 5.56 Å². The van der Waals surface area contributed by atoms with Gasteiger partial charge in [-0.15, -0.1) is 0 Å². The normalized spacial score (nSPS) is 11.2. The van der Waals surface area contributed by atoms with E-state index in [1.54, 1.807) is 34.9 Å². The first-order valence-corrected chi connectivity index (χ1v) is 11.3. The number of thioether (sulfide) groups is 1. The van der Waals surface area contributed by atoms with E-state index in [4.69, 9.17) is 16.6 Å². The number of rotatable bonds is 6. The molecule has 0 amide bonds. The van der Waals surface area contributed by atoms with Crippen LogP contribution in [0.5, 0.6) is 0 Å². The highest BCUT2D eigenvalue weighted by Crippen LogP contribution is 2.24. The van der Waals surface area contributed by atoms with E-state index in [9.17, 15) is 9.59 Å². The Morgan fingerprint density at radius 3 is 2.35 bits per heavy atom. The van der Waals surface area contributed by atoms with Crippen molar-refractivity contribution < 1.29 is 4.79 Å². The van der Waals surface area contributed by atoms with Gasteiger partial charge in [-0.3, -0.25) is 14.2 Å². The summed E-state index contributed by atoms with van der Waals surface area (Å²) in [7, 11) is 0. The van der Waals surface area contributed by atoms with Gasteiger partial charge in [-0.05, 0) is 60.0 Å². The Hall–Kier alpha value is -2.89. The monoisotopic (exact) mass is 448 g/mol. The van der Waals surface area contributed by atoms with E-state index < -0.39 is 0 Å². The van der Waals surface area contributed by atoms with Crippen molar-refractivity contribution in [1.82, 2.24) is 9.55 Å². The number of hydrogen-bond acceptors (Lipinski definition) is 4. The molecule has 1 heterocycles. The van der Waals surface area contributed by atoms with Crippen molar-refractivity contribution in [3.8, 4) is 5.69 Å². The number of ketones is 1. The highest BCUT2D eigenvalue weighted by atomic mass is 35.5. The van der Waals surface area contributed by atoms with Gasteiger partial charge in [-0.25, -0.2) is 4.98 Å². The van der Waals surface area contributed by atoms with Gasteiger partial charge >= 0.3 is 0 Å². The van der Waals surface area contributed by atoms with Gasteiger partial charge in [0.2, 0.25) is 0 Å². The summed E-state index contributed by atoms with van der Waals surface area (Å²) in [6.45, 7) is 4.25. The number of aromatic nitrogens is 2. The van der Waals surface area contributed by atoms with Gasteiger partial charge in [0.05, 0.1) is 22.3 Å². The highest BCUT2D eigenvalue weighted by Gasteiger charge is 2.16. The number of Topliss-reactive ketones (excluding diaryl/α,β-unsaturated/α-hetero) is 1. The molecule has 1 aromatic heterocycles. The molecule has 0 radical (unpaired) electrons. The van der Waals surface area contributed by atoms with E-state index in [2.05, 4.69) is 13.8 Å². The minimum atomic E-state index is -0.149. The van der Waals surface area contributed by atoms with Gasteiger partial charge < -0.3 is 0 Å². The summed E-state index contributed by atoms with van der Waals surface area (Å²) in [5.41, 5.74) is 2.97. The predicted octanol–water partition coefficient (Wildman–Crippen LogP) is 6.14. The molecule has 4 aromatic rings. The van der Waals surface area contributed by atoms with Crippen molar-refractivity contribution in [3.63, 3.8) is 0 Å². The third kappa shape index (κ3) is 4.58. The lowest BCUT2D eigenvalue weighted by molar-refractivity contribution is 0.102. The quantitative estimate of drug-likeness (QED) is 0.202. The first-order valence-electron chi connectivity index (χ1n) is 9.98. The number of carbonyl (C=O) groups excluding carboxylic acids is 1. The van der Waals surface area contributed by atoms with Crippen LogP contribution in [-0.4, -0.2) is 21.1 Å². The number of para-hydroxylation sites is 1. The maximum atomic E-state index is 13.3. The molecule has 0 aliphatic heterocycles. The molecule has 0 saturated heterocycles. The Morgan fingerprint density at radius 2 is 1.68 bits per heavy atom. The Kier molecular flexibility index (Phi) is 6.25. The van der Waals surface area contributed by atoms with Crippen LogP contribution in [0.3, 0.4) is 0 Å². The van der Waals surface area contributed by atoms with Crippen LogP contribution in [0.2, 0.25) is 5.02 Å². The van der Waals surface area contributed by atoms with Crippen molar-refractivity contribution in [2.45, 2.75) is 24.9 Å². The molecule has 0 aliphatic carbocycles. The first kappa shape index (κ1) is 21.3. The molecule has 0 spiro atoms. The fourth-order valence-electron chi connectivity index (χ4n) is 3.29. The van der Waals surface area contributed by atoms with E-state index >= 15 is 0 Å². The molecular formula is C25H21ClN2O2S. The van der Waals surface area contributed by atoms with Crippen LogP contribution in [0.1, 0.15) is 35.7 Å². The number of nitrogens with zero attached hydrogens (tertiary/aromatic N) is 2. The van der Waals surface area contributed by atoms with Crippen LogP contribution >= 0.6 is 23.4 Å². The van der Waals surface area contributed by atoms with E-state index in [-0.39, 0.29) is 17.1 Å². The van der Waals surface area contributed by atoms with E-state index in [1.807, 2.05) is 42.5 Å². The van der Waals surface area contributed by atoms with Crippen LogP contribution in [0.4, 0.5) is 0 Å². The lowest BCUT2D eigenvalue weighted by Gasteiger charge is -2.14. The zero-order valence-electron chi connectivity index (χ0n) is 17.2. The second kappa shape index (κ2) is 9.08. The van der Waals surface area contributed by atoms with Crippen molar-refractivity contribution in [1.29, 1.82) is 0 Å². The third-order valence-corrected chi connectivity index (χ3v) is 6.25. The lowest BCUT2D eigenvalue weighted by atomic mass is 10.0. The maximum absolute atomic E-state index is 13.3. The standard InChI is InChI=1S/C25H21ClN2O2S/c1-16(2)17-9-13-20(14-10-17)28-24(30)21-5-3-4-6-22(21)27-25(28)31-15-23(29)18-7-11-19(26)12-8-18/h3-14,16H,15H2,1-2H3. The van der Waals surface area contributed by atoms with Crippen LogP contribution in [-0.2, 0) is 0 Å². The van der Waals surface area contributed by atoms with Crippen molar-refractivity contribution in [3.05, 3.63) is 99.3 Å². The molecule has 3 aromatic carbocycles. The van der Waals surface area contributed by atoms with E-state index in [0.717, 1.165) is 5.69 Å². The number of halogens is 1. The minimum absolute atomic E-state index is 0.0502. The average Bonchev–Trinajstić information content (AvgIpc) is 2.78. The Morgan fingerprint density at radius 1 is 1.00 bits per heavy atom. The minimum Gasteiger partial charge on any atom is -0.293 e. The maximum Gasteiger partial charge on any atom is 0.266 e. The zero-order valence-corrected chi connectivity index (χ0v) is 18.8. The highest BCUT2D eigenvalue weighted by molar-refractivity contribution is 7.99. The number of carbonyl (C=O) groups is 1. The molecule has 6 heteroatoms. The molecule has 0 aliphatic rings. The number of fused-ring (bicyclic) bond motifs is 1. The van der Waals surface area contributed by atoms with Gasteiger partial charge in [0, 0.05) is 10.6 Å². The summed E-state index contributed by atoms with van der Waals surface area (Å²) in [4.78, 5) is 30.7. The third-order valence-electron chi connectivity index (χ3n) is 5.06. The molecule has 156 valence electrons. The SMILES string of the molecule is CC(C)c1ccc(-n2c(SCC(=O)c3ccc(Cl)cc3)nc3ccccc3c2=O)cc1. The predicted molar refractivity (Wildman–Crippen MR) is 128 cm³/mol. The fraction of sp³-hybridized carbons (Fsp3) is 0.160. The summed E-state index contributed by atoms with van der Waals surface area (Å²) < 4.78 is 1.59. The van der Waals surface area contributed by atoms with Crippen LogP contribution in [0.25, 0.3) is 16.6 Å². The van der Waals surface area contributed by atoms with Gasteiger partial charge in [0.1, 0.15) is 0 Å². The molecule has 31 heavy (non-hydrogen) atoms. The summed E-state index contributed by atoms with van der Waals surface area (Å²) in [5, 5.41) is 1.62. The molecule has 0 fully saturated rings. The molecule has 4 nitrogen and oxygen atoms in total.